The van der Waals surface area contributed by atoms with E-state index < -0.39 is 6.10 Å². The Labute approximate surface area is 91.8 Å². The number of benzene rings is 1. The predicted octanol–water partition coefficient (Wildman–Crippen LogP) is 2.13. The van der Waals surface area contributed by atoms with Gasteiger partial charge in [0.15, 0.2) is 0 Å². The zero-order valence-corrected chi connectivity index (χ0v) is 9.74. The van der Waals surface area contributed by atoms with E-state index in [4.69, 9.17) is 9.47 Å². The van der Waals surface area contributed by atoms with E-state index >= 15 is 0 Å². The van der Waals surface area contributed by atoms with E-state index in [0.29, 0.717) is 16.8 Å². The van der Waals surface area contributed by atoms with Crippen molar-refractivity contribution in [3.8, 4) is 11.5 Å². The van der Waals surface area contributed by atoms with Gasteiger partial charge in [-0.2, -0.15) is 0 Å². The van der Waals surface area contributed by atoms with E-state index in [1.165, 1.54) is 0 Å². The number of alkyl halides is 1. The second kappa shape index (κ2) is 5.22. The Morgan fingerprint density at radius 2 is 1.71 bits per heavy atom. The molecule has 1 unspecified atom stereocenters. The van der Waals surface area contributed by atoms with Gasteiger partial charge >= 0.3 is 0 Å². The molecular formula is C10H13BrO3. The largest absolute Gasteiger partial charge is 0.497 e. The predicted molar refractivity (Wildman–Crippen MR) is 58.3 cm³/mol. The Balaban J connectivity index is 3.04. The molecule has 4 heteroatoms. The van der Waals surface area contributed by atoms with Crippen LogP contribution >= 0.6 is 15.9 Å². The van der Waals surface area contributed by atoms with Crippen LogP contribution in [0, 0.1) is 0 Å². The van der Waals surface area contributed by atoms with Crippen molar-refractivity contribution in [3.63, 3.8) is 0 Å². The molecule has 0 fully saturated rings. The maximum absolute atomic E-state index is 9.61. The molecule has 78 valence electrons. The lowest BCUT2D eigenvalue weighted by Crippen LogP contribution is -1.99. The number of rotatable bonds is 4. The van der Waals surface area contributed by atoms with Gasteiger partial charge in [0.05, 0.1) is 20.3 Å². The lowest BCUT2D eigenvalue weighted by atomic mass is 10.1. The SMILES string of the molecule is COc1cc(OC)cc(C(O)CBr)c1. The van der Waals surface area contributed by atoms with Crippen LogP contribution in [0.5, 0.6) is 11.5 Å². The zero-order chi connectivity index (χ0) is 10.6. The normalized spacial score (nSPS) is 12.3. The Morgan fingerprint density at radius 3 is 2.07 bits per heavy atom. The highest BCUT2D eigenvalue weighted by atomic mass is 79.9. The monoisotopic (exact) mass is 260 g/mol. The van der Waals surface area contributed by atoms with E-state index in [1.807, 2.05) is 0 Å². The van der Waals surface area contributed by atoms with Crippen LogP contribution in [-0.4, -0.2) is 24.7 Å². The minimum atomic E-state index is -0.543. The van der Waals surface area contributed by atoms with Gasteiger partial charge < -0.3 is 14.6 Å². The Bertz CT molecular complexity index is 279. The molecule has 1 N–H and O–H groups in total. The number of hydrogen-bond acceptors (Lipinski definition) is 3. The molecule has 0 aliphatic rings. The van der Waals surface area contributed by atoms with Crippen LogP contribution in [0.2, 0.25) is 0 Å². The molecule has 0 aliphatic carbocycles. The highest BCUT2D eigenvalue weighted by Gasteiger charge is 2.09. The van der Waals surface area contributed by atoms with E-state index in [1.54, 1.807) is 32.4 Å². The molecule has 1 aromatic carbocycles. The molecule has 0 aromatic heterocycles. The van der Waals surface area contributed by atoms with Crippen molar-refractivity contribution in [2.24, 2.45) is 0 Å². The number of aliphatic hydroxyl groups is 1. The van der Waals surface area contributed by atoms with Gasteiger partial charge in [0, 0.05) is 11.4 Å². The summed E-state index contributed by atoms with van der Waals surface area (Å²) in [5, 5.41) is 10.1. The highest BCUT2D eigenvalue weighted by molar-refractivity contribution is 9.09. The minimum absolute atomic E-state index is 0.489. The van der Waals surface area contributed by atoms with E-state index in [-0.39, 0.29) is 0 Å². The summed E-state index contributed by atoms with van der Waals surface area (Å²) in [6.45, 7) is 0. The number of methoxy groups -OCH3 is 2. The lowest BCUT2D eigenvalue weighted by Gasteiger charge is -2.11. The lowest BCUT2D eigenvalue weighted by molar-refractivity contribution is 0.204. The fourth-order valence-electron chi connectivity index (χ4n) is 1.11. The van der Waals surface area contributed by atoms with E-state index in [9.17, 15) is 5.11 Å². The van der Waals surface area contributed by atoms with Crippen molar-refractivity contribution in [1.29, 1.82) is 0 Å². The van der Waals surface area contributed by atoms with Crippen molar-refractivity contribution >= 4 is 15.9 Å². The van der Waals surface area contributed by atoms with Crippen LogP contribution in [0.1, 0.15) is 11.7 Å². The Hall–Kier alpha value is -0.740. The molecule has 0 heterocycles. The summed E-state index contributed by atoms with van der Waals surface area (Å²) in [7, 11) is 3.16. The first-order chi connectivity index (χ1) is 6.71. The maximum atomic E-state index is 9.61. The quantitative estimate of drug-likeness (QED) is 0.844. The summed E-state index contributed by atoms with van der Waals surface area (Å²) in [6, 6.07) is 5.34. The molecule has 0 spiro atoms. The average molecular weight is 261 g/mol. The summed E-state index contributed by atoms with van der Waals surface area (Å²) in [5.74, 6) is 1.36. The fourth-order valence-corrected chi connectivity index (χ4v) is 1.48. The van der Waals surface area contributed by atoms with Gasteiger partial charge in [-0.15, -0.1) is 0 Å². The zero-order valence-electron chi connectivity index (χ0n) is 8.16. The average Bonchev–Trinajstić information content (AvgIpc) is 2.27. The molecule has 0 saturated heterocycles. The van der Waals surface area contributed by atoms with Crippen molar-refractivity contribution < 1.29 is 14.6 Å². The molecule has 1 atom stereocenters. The maximum Gasteiger partial charge on any atom is 0.122 e. The summed E-state index contributed by atoms with van der Waals surface area (Å²) in [5.41, 5.74) is 0.776. The molecule has 1 aromatic rings. The van der Waals surface area contributed by atoms with Gasteiger partial charge in [-0.25, -0.2) is 0 Å². The van der Waals surface area contributed by atoms with E-state index in [2.05, 4.69) is 15.9 Å². The second-order valence-corrected chi connectivity index (χ2v) is 3.46. The van der Waals surface area contributed by atoms with Gasteiger partial charge in [-0.1, -0.05) is 15.9 Å². The minimum Gasteiger partial charge on any atom is -0.497 e. The van der Waals surface area contributed by atoms with Crippen LogP contribution in [0.3, 0.4) is 0 Å². The van der Waals surface area contributed by atoms with Gasteiger partial charge in [0.2, 0.25) is 0 Å². The number of ether oxygens (including phenoxy) is 2. The van der Waals surface area contributed by atoms with Gasteiger partial charge in [0.25, 0.3) is 0 Å². The summed E-state index contributed by atoms with van der Waals surface area (Å²) in [4.78, 5) is 0. The van der Waals surface area contributed by atoms with Crippen molar-refractivity contribution in [2.75, 3.05) is 19.5 Å². The molecule has 0 radical (unpaired) electrons. The van der Waals surface area contributed by atoms with Crippen LogP contribution in [-0.2, 0) is 0 Å². The first kappa shape index (κ1) is 11.3. The fraction of sp³-hybridized carbons (Fsp3) is 0.400. The first-order valence-corrected chi connectivity index (χ1v) is 5.30. The molecular weight excluding hydrogens is 248 g/mol. The first-order valence-electron chi connectivity index (χ1n) is 4.18. The smallest absolute Gasteiger partial charge is 0.122 e. The Kier molecular flexibility index (Phi) is 4.22. The van der Waals surface area contributed by atoms with Crippen LogP contribution in [0.15, 0.2) is 18.2 Å². The third-order valence-corrected chi connectivity index (χ3v) is 2.52. The molecule has 0 aliphatic heterocycles. The number of aliphatic hydroxyl groups excluding tert-OH is 1. The summed E-state index contributed by atoms with van der Waals surface area (Å²) < 4.78 is 10.2. The molecule has 1 rings (SSSR count). The highest BCUT2D eigenvalue weighted by Crippen LogP contribution is 2.26. The third kappa shape index (κ3) is 2.62. The number of halogens is 1. The summed E-state index contributed by atoms with van der Waals surface area (Å²) >= 11 is 3.21. The van der Waals surface area contributed by atoms with Gasteiger partial charge in [-0.05, 0) is 17.7 Å². The molecule has 3 nitrogen and oxygen atoms in total. The van der Waals surface area contributed by atoms with Crippen molar-refractivity contribution in [3.05, 3.63) is 23.8 Å². The second-order valence-electron chi connectivity index (χ2n) is 2.82. The molecule has 0 amide bonds. The van der Waals surface area contributed by atoms with Crippen molar-refractivity contribution in [2.45, 2.75) is 6.10 Å². The van der Waals surface area contributed by atoms with Crippen LogP contribution < -0.4 is 9.47 Å². The molecule has 0 bridgehead atoms. The van der Waals surface area contributed by atoms with Gasteiger partial charge in [-0.3, -0.25) is 0 Å². The van der Waals surface area contributed by atoms with Crippen LogP contribution in [0.25, 0.3) is 0 Å². The molecule has 14 heavy (non-hydrogen) atoms. The van der Waals surface area contributed by atoms with E-state index in [0.717, 1.165) is 5.56 Å². The van der Waals surface area contributed by atoms with Gasteiger partial charge in [0.1, 0.15) is 11.5 Å². The standard InChI is InChI=1S/C10H13BrO3/c1-13-8-3-7(10(12)6-11)4-9(5-8)14-2/h3-5,10,12H,6H2,1-2H3. The topological polar surface area (TPSA) is 38.7 Å². The number of hydrogen-bond donors (Lipinski definition) is 1. The third-order valence-electron chi connectivity index (χ3n) is 1.90. The van der Waals surface area contributed by atoms with Crippen molar-refractivity contribution in [1.82, 2.24) is 0 Å². The molecule has 0 saturated carbocycles. The Morgan fingerprint density at radius 1 is 1.21 bits per heavy atom. The van der Waals surface area contributed by atoms with Crippen LogP contribution in [0.4, 0.5) is 0 Å². The summed E-state index contributed by atoms with van der Waals surface area (Å²) in [6.07, 6.45) is -0.543.